The van der Waals surface area contributed by atoms with Crippen molar-refractivity contribution in [2.75, 3.05) is 37.6 Å². The van der Waals surface area contributed by atoms with Crippen LogP contribution in [-0.2, 0) is 4.79 Å². The molecule has 1 aromatic heterocycles. The van der Waals surface area contributed by atoms with Crippen LogP contribution in [0.5, 0.6) is 0 Å². The lowest BCUT2D eigenvalue weighted by atomic mass is 9.91. The number of likely N-dealkylation sites (tertiary alicyclic amines) is 2. The number of unbranched alkanes of at least 4 members (excludes halogenated alkanes) is 1. The van der Waals surface area contributed by atoms with Gasteiger partial charge in [0, 0.05) is 55.9 Å². The van der Waals surface area contributed by atoms with Crippen molar-refractivity contribution < 1.29 is 4.79 Å². The van der Waals surface area contributed by atoms with Gasteiger partial charge in [-0.2, -0.15) is 0 Å². The van der Waals surface area contributed by atoms with Gasteiger partial charge in [-0.15, -0.1) is 0 Å². The Bertz CT molecular complexity index is 727. The molecule has 0 aliphatic carbocycles. The minimum Gasteiger partial charge on any atom is -0.332 e. The van der Waals surface area contributed by atoms with E-state index in [2.05, 4.69) is 40.9 Å². The maximum atomic E-state index is 11.8. The SMILES string of the molecule is CC(C)C(=O)CCCCN1CCC(c2cnc(N3C4CCC3CN(C(C)C)C4)nc2)CC1. The zero-order valence-corrected chi connectivity index (χ0v) is 20.7. The summed E-state index contributed by atoms with van der Waals surface area (Å²) in [5.74, 6) is 2.11. The summed E-state index contributed by atoms with van der Waals surface area (Å²) in [4.78, 5) is 29.2. The fourth-order valence-electron chi connectivity index (χ4n) is 5.77. The first-order chi connectivity index (χ1) is 15.4. The highest BCUT2D eigenvalue weighted by Gasteiger charge is 2.41. The Balaban J connectivity index is 1.23. The Morgan fingerprint density at radius 3 is 2.16 bits per heavy atom. The van der Waals surface area contributed by atoms with Gasteiger partial charge in [-0.05, 0) is 83.5 Å². The van der Waals surface area contributed by atoms with Crippen LogP contribution in [0.25, 0.3) is 0 Å². The molecule has 0 aromatic carbocycles. The van der Waals surface area contributed by atoms with Crippen molar-refractivity contribution in [3.63, 3.8) is 0 Å². The van der Waals surface area contributed by atoms with Crippen LogP contribution in [0.1, 0.15) is 84.1 Å². The van der Waals surface area contributed by atoms with Crippen LogP contribution in [-0.4, -0.2) is 76.4 Å². The Morgan fingerprint density at radius 2 is 1.59 bits per heavy atom. The van der Waals surface area contributed by atoms with Crippen molar-refractivity contribution in [1.82, 2.24) is 19.8 Å². The summed E-state index contributed by atoms with van der Waals surface area (Å²) in [6.45, 7) is 14.3. The summed E-state index contributed by atoms with van der Waals surface area (Å²) in [6, 6.07) is 1.76. The molecule has 0 saturated carbocycles. The van der Waals surface area contributed by atoms with Gasteiger partial charge in [0.2, 0.25) is 5.95 Å². The number of ketones is 1. The second kappa shape index (κ2) is 10.6. The van der Waals surface area contributed by atoms with Crippen LogP contribution in [0.15, 0.2) is 12.4 Å². The van der Waals surface area contributed by atoms with Crippen LogP contribution in [0.4, 0.5) is 5.95 Å². The molecule has 3 aliphatic heterocycles. The molecule has 0 N–H and O–H groups in total. The number of hydrogen-bond donors (Lipinski definition) is 0. The summed E-state index contributed by atoms with van der Waals surface area (Å²) in [7, 11) is 0. The number of piperidine rings is 1. The first kappa shape index (κ1) is 23.6. The summed E-state index contributed by atoms with van der Waals surface area (Å²) < 4.78 is 0. The number of aromatic nitrogens is 2. The maximum absolute atomic E-state index is 11.8. The van der Waals surface area contributed by atoms with E-state index >= 15 is 0 Å². The molecule has 32 heavy (non-hydrogen) atoms. The van der Waals surface area contributed by atoms with Crippen LogP contribution in [0, 0.1) is 5.92 Å². The number of nitrogens with zero attached hydrogens (tertiary/aromatic N) is 5. The molecule has 3 fully saturated rings. The molecule has 6 heteroatoms. The molecule has 0 spiro atoms. The molecule has 0 amide bonds. The average molecular weight is 442 g/mol. The molecule has 6 nitrogen and oxygen atoms in total. The average Bonchev–Trinajstić information content (AvgIpc) is 3.05. The lowest BCUT2D eigenvalue weighted by molar-refractivity contribution is -0.122. The number of hydrogen-bond acceptors (Lipinski definition) is 6. The van der Waals surface area contributed by atoms with Crippen molar-refractivity contribution in [3.05, 3.63) is 18.0 Å². The molecular formula is C26H43N5O. The topological polar surface area (TPSA) is 52.6 Å². The monoisotopic (exact) mass is 441 g/mol. The first-order valence-electron chi connectivity index (χ1n) is 13.0. The highest BCUT2D eigenvalue weighted by atomic mass is 16.1. The van der Waals surface area contributed by atoms with E-state index in [9.17, 15) is 4.79 Å². The van der Waals surface area contributed by atoms with E-state index in [1.807, 2.05) is 13.8 Å². The van der Waals surface area contributed by atoms with Gasteiger partial charge in [0.1, 0.15) is 5.78 Å². The van der Waals surface area contributed by atoms with E-state index in [0.29, 0.717) is 29.8 Å². The Hall–Kier alpha value is -1.53. The second-order valence-electron chi connectivity index (χ2n) is 10.9. The van der Waals surface area contributed by atoms with Gasteiger partial charge in [-0.1, -0.05) is 13.8 Å². The molecule has 4 rings (SSSR count). The van der Waals surface area contributed by atoms with E-state index in [-0.39, 0.29) is 5.92 Å². The molecule has 2 bridgehead atoms. The van der Waals surface area contributed by atoms with E-state index in [1.54, 1.807) is 0 Å². The third-order valence-electron chi connectivity index (χ3n) is 7.98. The minimum atomic E-state index is 0.180. The highest BCUT2D eigenvalue weighted by molar-refractivity contribution is 5.80. The van der Waals surface area contributed by atoms with Crippen LogP contribution >= 0.6 is 0 Å². The van der Waals surface area contributed by atoms with Crippen molar-refractivity contribution in [2.45, 2.75) is 96.7 Å². The van der Waals surface area contributed by atoms with E-state index < -0.39 is 0 Å². The smallest absolute Gasteiger partial charge is 0.225 e. The Morgan fingerprint density at radius 1 is 0.969 bits per heavy atom. The fourth-order valence-corrected chi connectivity index (χ4v) is 5.77. The van der Waals surface area contributed by atoms with Crippen molar-refractivity contribution in [1.29, 1.82) is 0 Å². The zero-order chi connectivity index (χ0) is 22.7. The third kappa shape index (κ3) is 5.51. The molecule has 2 atom stereocenters. The van der Waals surface area contributed by atoms with Crippen LogP contribution < -0.4 is 4.90 Å². The third-order valence-corrected chi connectivity index (χ3v) is 7.98. The molecule has 0 radical (unpaired) electrons. The van der Waals surface area contributed by atoms with Gasteiger partial charge < -0.3 is 9.80 Å². The molecule has 4 heterocycles. The van der Waals surface area contributed by atoms with Crippen LogP contribution in [0.2, 0.25) is 0 Å². The van der Waals surface area contributed by atoms with Gasteiger partial charge in [0.25, 0.3) is 0 Å². The van der Waals surface area contributed by atoms with Gasteiger partial charge in [0.15, 0.2) is 0 Å². The largest absolute Gasteiger partial charge is 0.332 e. The number of piperazine rings is 1. The lowest BCUT2D eigenvalue weighted by Gasteiger charge is -2.42. The van der Waals surface area contributed by atoms with Crippen molar-refractivity contribution in [2.24, 2.45) is 5.92 Å². The molecule has 3 aliphatic rings. The quantitative estimate of drug-likeness (QED) is 0.538. The predicted molar refractivity (Wildman–Crippen MR) is 130 cm³/mol. The second-order valence-corrected chi connectivity index (χ2v) is 10.9. The van der Waals surface area contributed by atoms with Crippen molar-refractivity contribution >= 4 is 11.7 Å². The van der Waals surface area contributed by atoms with Crippen molar-refractivity contribution in [3.8, 4) is 0 Å². The number of Topliss-reactive ketones (excluding diaryl/α,β-unsaturated/α-hetero) is 1. The number of carbonyl (C=O) groups excluding carboxylic acids is 1. The molecule has 1 aromatic rings. The Labute approximate surface area is 194 Å². The summed E-state index contributed by atoms with van der Waals surface area (Å²) in [6.07, 6.45) is 12.0. The maximum Gasteiger partial charge on any atom is 0.225 e. The van der Waals surface area contributed by atoms with Crippen LogP contribution in [0.3, 0.4) is 0 Å². The van der Waals surface area contributed by atoms with Gasteiger partial charge in [-0.25, -0.2) is 9.97 Å². The van der Waals surface area contributed by atoms with E-state index in [0.717, 1.165) is 57.9 Å². The summed E-state index contributed by atoms with van der Waals surface area (Å²) in [5.41, 5.74) is 1.31. The predicted octanol–water partition coefficient (Wildman–Crippen LogP) is 4.11. The number of fused-ring (bicyclic) bond motifs is 2. The standard InChI is InChI=1S/C26H43N5O/c1-19(2)25(32)7-5-6-12-29-13-10-21(11-14-29)22-15-27-26(28-16-22)31-23-8-9-24(31)18-30(17-23)20(3)4/h15-16,19-21,23-24H,5-14,17-18H2,1-4H3. The normalized spacial score (nSPS) is 25.2. The Kier molecular flexibility index (Phi) is 7.83. The molecule has 178 valence electrons. The first-order valence-corrected chi connectivity index (χ1v) is 13.0. The number of rotatable bonds is 9. The lowest BCUT2D eigenvalue weighted by Crippen LogP contribution is -2.56. The molecule has 3 saturated heterocycles. The van der Waals surface area contributed by atoms with Gasteiger partial charge >= 0.3 is 0 Å². The fraction of sp³-hybridized carbons (Fsp3) is 0.808. The molecular weight excluding hydrogens is 398 g/mol. The van der Waals surface area contributed by atoms with Gasteiger partial charge in [-0.3, -0.25) is 9.69 Å². The number of carbonyl (C=O) groups is 1. The van der Waals surface area contributed by atoms with Gasteiger partial charge in [0.05, 0.1) is 0 Å². The summed E-state index contributed by atoms with van der Waals surface area (Å²) in [5, 5.41) is 0. The van der Waals surface area contributed by atoms with E-state index in [1.165, 1.54) is 31.2 Å². The number of anilines is 1. The highest BCUT2D eigenvalue weighted by Crippen LogP contribution is 2.34. The minimum absolute atomic E-state index is 0.180. The molecule has 2 unspecified atom stereocenters. The zero-order valence-electron chi connectivity index (χ0n) is 20.7. The van der Waals surface area contributed by atoms with E-state index in [4.69, 9.17) is 9.97 Å². The summed E-state index contributed by atoms with van der Waals surface area (Å²) >= 11 is 0.